The zero-order chi connectivity index (χ0) is 19.3. The molecule has 2 fully saturated rings. The fourth-order valence-electron chi connectivity index (χ4n) is 3.52. The molecule has 10 heteroatoms. The largest absolute Gasteiger partial charge is 0.519 e. The molecule has 0 aromatic carbocycles. The quantitative estimate of drug-likeness (QED) is 0.570. The Kier molecular flexibility index (Phi) is 4.65. The van der Waals surface area contributed by atoms with Crippen molar-refractivity contribution in [2.45, 2.75) is 50.9 Å². The molecule has 3 aliphatic rings. The van der Waals surface area contributed by atoms with Crippen LogP contribution in [0.5, 0.6) is 0 Å². The number of carbonyl (C=O) groups is 2. The molecule has 1 aromatic rings. The number of rotatable bonds is 5. The predicted octanol–water partition coefficient (Wildman–Crippen LogP) is 0.887. The topological polar surface area (TPSA) is 119 Å². The number of aliphatic hydroxyl groups is 1. The molecule has 0 saturated carbocycles. The Bertz CT molecular complexity index is 863. The molecule has 146 valence electrons. The van der Waals surface area contributed by atoms with Crippen molar-refractivity contribution >= 4 is 23.6 Å². The number of aryl methyl sites for hydroxylation is 1. The minimum atomic E-state index is -0.869. The summed E-state index contributed by atoms with van der Waals surface area (Å²) in [6.07, 6.45) is 0.548. The van der Waals surface area contributed by atoms with Crippen LogP contribution >= 0.6 is 11.8 Å². The summed E-state index contributed by atoms with van der Waals surface area (Å²) in [7, 11) is 0. The van der Waals surface area contributed by atoms with E-state index < -0.39 is 23.8 Å². The van der Waals surface area contributed by atoms with Crippen LogP contribution in [0.4, 0.5) is 0 Å². The van der Waals surface area contributed by atoms with Crippen molar-refractivity contribution in [2.24, 2.45) is 5.92 Å². The van der Waals surface area contributed by atoms with Gasteiger partial charge in [0.25, 0.3) is 0 Å². The Morgan fingerprint density at radius 1 is 1.41 bits per heavy atom. The average Bonchev–Trinajstić information content (AvgIpc) is 3.29. The second-order valence-electron chi connectivity index (χ2n) is 6.71. The maximum Gasteiger partial charge on any atom is 0.519 e. The van der Waals surface area contributed by atoms with Gasteiger partial charge in [-0.3, -0.25) is 9.69 Å². The summed E-state index contributed by atoms with van der Waals surface area (Å²) >= 11 is 1.37. The van der Waals surface area contributed by atoms with Crippen LogP contribution in [0.15, 0.2) is 24.2 Å². The minimum absolute atomic E-state index is 0.117. The first kappa shape index (κ1) is 18.3. The van der Waals surface area contributed by atoms with Crippen LogP contribution in [0, 0.1) is 12.8 Å². The number of thioether (sulfide) groups is 1. The monoisotopic (exact) mass is 397 g/mol. The van der Waals surface area contributed by atoms with E-state index in [4.69, 9.17) is 18.3 Å². The highest BCUT2D eigenvalue weighted by molar-refractivity contribution is 8.04. The molecular formula is C17H19NO8S. The number of aliphatic hydroxyl groups excluding tert-OH is 1. The molecule has 3 aliphatic heterocycles. The lowest BCUT2D eigenvalue weighted by atomic mass is 9.92. The van der Waals surface area contributed by atoms with Crippen LogP contribution < -0.4 is 5.82 Å². The van der Waals surface area contributed by atoms with Crippen molar-refractivity contribution in [1.29, 1.82) is 0 Å². The van der Waals surface area contributed by atoms with Gasteiger partial charge < -0.3 is 23.4 Å². The second kappa shape index (κ2) is 6.84. The zero-order valence-corrected chi connectivity index (χ0v) is 15.6. The Morgan fingerprint density at radius 3 is 2.78 bits per heavy atom. The number of fused-ring (bicyclic) bond motifs is 1. The SMILES string of the molecule is Cc1oc(=O)oc1COC(=O)C1=C([C@@H]2CCCO2)SC2[C@@H]([C@@H](C)O)C(=O)N12. The third-order valence-electron chi connectivity index (χ3n) is 4.91. The van der Waals surface area contributed by atoms with Crippen molar-refractivity contribution in [2.75, 3.05) is 6.61 Å². The Hall–Kier alpha value is -2.04. The fourth-order valence-corrected chi connectivity index (χ4v) is 5.21. The van der Waals surface area contributed by atoms with Gasteiger partial charge in [-0.25, -0.2) is 9.59 Å². The molecule has 4 heterocycles. The second-order valence-corrected chi connectivity index (χ2v) is 7.87. The van der Waals surface area contributed by atoms with Crippen molar-refractivity contribution in [3.63, 3.8) is 0 Å². The number of amides is 1. The number of β-lactam (4-membered cyclic amide) rings is 1. The van der Waals surface area contributed by atoms with E-state index in [1.807, 2.05) is 0 Å². The van der Waals surface area contributed by atoms with Gasteiger partial charge in [-0.2, -0.15) is 0 Å². The summed E-state index contributed by atoms with van der Waals surface area (Å²) in [4.78, 5) is 38.4. The van der Waals surface area contributed by atoms with E-state index in [0.717, 1.165) is 12.8 Å². The summed E-state index contributed by atoms with van der Waals surface area (Å²) in [6, 6.07) is 0. The highest BCUT2D eigenvalue weighted by atomic mass is 32.2. The molecule has 0 spiro atoms. The molecule has 2 saturated heterocycles. The molecule has 0 radical (unpaired) electrons. The van der Waals surface area contributed by atoms with Gasteiger partial charge in [0, 0.05) is 11.5 Å². The van der Waals surface area contributed by atoms with Gasteiger partial charge in [0.2, 0.25) is 5.91 Å². The van der Waals surface area contributed by atoms with E-state index in [2.05, 4.69) is 0 Å². The number of nitrogens with zero attached hydrogens (tertiary/aromatic N) is 1. The summed E-state index contributed by atoms with van der Waals surface area (Å²) in [5, 5.41) is 9.53. The zero-order valence-electron chi connectivity index (χ0n) is 14.8. The molecule has 27 heavy (non-hydrogen) atoms. The third kappa shape index (κ3) is 3.01. The lowest BCUT2D eigenvalue weighted by Crippen LogP contribution is -2.60. The standard InChI is InChI=1S/C17H19NO8S/c1-7(19)11-14(20)18-12(13(27-15(11)18)9-4-3-5-23-9)16(21)24-6-10-8(2)25-17(22)26-10/h7,9,11,15,19H,3-6H2,1-2H3/t7-,9+,11+,15?/m1/s1. The third-order valence-corrected chi connectivity index (χ3v) is 6.37. The minimum Gasteiger partial charge on any atom is -0.453 e. The van der Waals surface area contributed by atoms with Crippen LogP contribution in [-0.4, -0.2) is 46.1 Å². The molecule has 9 nitrogen and oxygen atoms in total. The van der Waals surface area contributed by atoms with Gasteiger partial charge in [0.1, 0.15) is 11.1 Å². The van der Waals surface area contributed by atoms with E-state index >= 15 is 0 Å². The van der Waals surface area contributed by atoms with Gasteiger partial charge in [-0.1, -0.05) is 11.8 Å². The molecule has 0 bridgehead atoms. The molecule has 1 unspecified atom stereocenters. The molecule has 1 N–H and O–H groups in total. The number of carbonyl (C=O) groups excluding carboxylic acids is 2. The molecule has 0 aliphatic carbocycles. The lowest BCUT2D eigenvalue weighted by Gasteiger charge is -2.43. The van der Waals surface area contributed by atoms with Crippen LogP contribution in [0.1, 0.15) is 31.3 Å². The molecule has 4 rings (SSSR count). The highest BCUT2D eigenvalue weighted by Crippen LogP contribution is 2.52. The van der Waals surface area contributed by atoms with Gasteiger partial charge in [-0.05, 0) is 26.7 Å². The van der Waals surface area contributed by atoms with Gasteiger partial charge in [0.05, 0.1) is 18.1 Å². The van der Waals surface area contributed by atoms with Crippen LogP contribution in [0.3, 0.4) is 0 Å². The number of hydrogen-bond donors (Lipinski definition) is 1. The van der Waals surface area contributed by atoms with Crippen LogP contribution in [0.2, 0.25) is 0 Å². The average molecular weight is 397 g/mol. The summed E-state index contributed by atoms with van der Waals surface area (Å²) < 4.78 is 20.5. The maximum absolute atomic E-state index is 12.8. The van der Waals surface area contributed by atoms with E-state index in [9.17, 15) is 19.5 Å². The van der Waals surface area contributed by atoms with Crippen molar-refractivity contribution < 1.29 is 33.0 Å². The molecule has 1 aromatic heterocycles. The summed E-state index contributed by atoms with van der Waals surface area (Å²) in [6.45, 7) is 3.40. The van der Waals surface area contributed by atoms with Gasteiger partial charge >= 0.3 is 11.8 Å². The van der Waals surface area contributed by atoms with Crippen LogP contribution in [-0.2, 0) is 25.7 Å². The Morgan fingerprint density at radius 2 is 2.19 bits per heavy atom. The lowest BCUT2D eigenvalue weighted by molar-refractivity contribution is -0.158. The highest BCUT2D eigenvalue weighted by Gasteiger charge is 2.58. The van der Waals surface area contributed by atoms with E-state index in [1.165, 1.54) is 23.6 Å². The van der Waals surface area contributed by atoms with E-state index in [1.54, 1.807) is 6.92 Å². The Labute approximate surface area is 158 Å². The number of hydrogen-bond acceptors (Lipinski definition) is 9. The van der Waals surface area contributed by atoms with Crippen molar-refractivity contribution in [1.82, 2.24) is 4.90 Å². The molecule has 4 atom stereocenters. The Balaban J connectivity index is 1.57. The maximum atomic E-state index is 12.8. The first-order valence-corrected chi connectivity index (χ1v) is 9.56. The summed E-state index contributed by atoms with van der Waals surface area (Å²) in [5.41, 5.74) is 0.155. The van der Waals surface area contributed by atoms with Crippen molar-refractivity contribution in [3.8, 4) is 0 Å². The van der Waals surface area contributed by atoms with E-state index in [-0.39, 0.29) is 41.2 Å². The first-order valence-electron chi connectivity index (χ1n) is 8.68. The van der Waals surface area contributed by atoms with Gasteiger partial charge in [0.15, 0.2) is 18.1 Å². The van der Waals surface area contributed by atoms with Crippen LogP contribution in [0.25, 0.3) is 0 Å². The predicted molar refractivity (Wildman–Crippen MR) is 91.2 cm³/mol. The van der Waals surface area contributed by atoms with Crippen molar-refractivity contribution in [3.05, 3.63) is 32.7 Å². The molecule has 1 amide bonds. The molecular weight excluding hydrogens is 378 g/mol. The normalized spacial score (nSPS) is 28.3. The summed E-state index contributed by atoms with van der Waals surface area (Å²) in [5.74, 6) is -2.09. The first-order chi connectivity index (χ1) is 12.9. The van der Waals surface area contributed by atoms with Gasteiger partial charge in [-0.15, -0.1) is 0 Å². The number of esters is 1. The van der Waals surface area contributed by atoms with E-state index in [0.29, 0.717) is 11.5 Å². The smallest absolute Gasteiger partial charge is 0.453 e. The number of ether oxygens (including phenoxy) is 2. The fraction of sp³-hybridized carbons (Fsp3) is 0.588.